The summed E-state index contributed by atoms with van der Waals surface area (Å²) >= 11 is 0. The molecule has 2 rings (SSSR count). The van der Waals surface area contributed by atoms with E-state index in [1.807, 2.05) is 0 Å². The summed E-state index contributed by atoms with van der Waals surface area (Å²) in [4.78, 5) is 24.0. The minimum Gasteiger partial charge on any atom is -0.355 e. The van der Waals surface area contributed by atoms with Crippen LogP contribution in [0.5, 0.6) is 0 Å². The van der Waals surface area contributed by atoms with Crippen LogP contribution in [0.2, 0.25) is 0 Å². The molecule has 2 amide bonds. The quantitative estimate of drug-likeness (QED) is 0.650. The van der Waals surface area contributed by atoms with Crippen LogP contribution >= 0.6 is 0 Å². The lowest BCUT2D eigenvalue weighted by Crippen LogP contribution is -2.48. The summed E-state index contributed by atoms with van der Waals surface area (Å²) in [5, 5.41) is 9.23. The van der Waals surface area contributed by atoms with Crippen molar-refractivity contribution < 1.29 is 9.59 Å². The molecule has 114 valence electrons. The molecule has 1 aliphatic carbocycles. The average Bonchev–Trinajstić information content (AvgIpc) is 3.24. The number of carbonyl (C=O) groups excluding carboxylic acids is 2. The Morgan fingerprint density at radius 1 is 1.25 bits per heavy atom. The molecule has 20 heavy (non-hydrogen) atoms. The summed E-state index contributed by atoms with van der Waals surface area (Å²) in [5.41, 5.74) is -0.215. The molecule has 1 heterocycles. The number of carbonyl (C=O) groups is 2. The van der Waals surface area contributed by atoms with Crippen LogP contribution in [0.4, 0.5) is 0 Å². The molecule has 5 nitrogen and oxygen atoms in total. The second kappa shape index (κ2) is 7.07. The van der Waals surface area contributed by atoms with Crippen molar-refractivity contribution in [2.45, 2.75) is 57.9 Å². The molecule has 0 radical (unpaired) electrons. The first-order valence-corrected chi connectivity index (χ1v) is 7.95. The highest BCUT2D eigenvalue weighted by atomic mass is 16.2. The van der Waals surface area contributed by atoms with E-state index in [0.717, 1.165) is 51.6 Å². The van der Waals surface area contributed by atoms with Crippen molar-refractivity contribution in [2.24, 2.45) is 5.41 Å². The van der Waals surface area contributed by atoms with Gasteiger partial charge < -0.3 is 16.0 Å². The smallest absolute Gasteiger partial charge is 0.226 e. The van der Waals surface area contributed by atoms with Crippen molar-refractivity contribution in [3.8, 4) is 0 Å². The number of hydrogen-bond acceptors (Lipinski definition) is 3. The van der Waals surface area contributed by atoms with Crippen molar-refractivity contribution in [2.75, 3.05) is 19.6 Å². The van der Waals surface area contributed by atoms with Crippen LogP contribution in [0.1, 0.15) is 51.9 Å². The van der Waals surface area contributed by atoms with E-state index in [9.17, 15) is 9.59 Å². The highest BCUT2D eigenvalue weighted by Crippen LogP contribution is 2.34. The van der Waals surface area contributed by atoms with E-state index in [2.05, 4.69) is 22.9 Å². The highest BCUT2D eigenvalue weighted by molar-refractivity contribution is 5.83. The number of hydrogen-bond donors (Lipinski definition) is 3. The Balaban J connectivity index is 1.74. The van der Waals surface area contributed by atoms with E-state index >= 15 is 0 Å². The van der Waals surface area contributed by atoms with E-state index in [4.69, 9.17) is 0 Å². The average molecular weight is 281 g/mol. The SMILES string of the molecule is CCCC1(C(=O)NCCC(=O)NC2CC2)CCNCC1. The maximum Gasteiger partial charge on any atom is 0.226 e. The summed E-state index contributed by atoms with van der Waals surface area (Å²) in [7, 11) is 0. The topological polar surface area (TPSA) is 70.2 Å². The van der Waals surface area contributed by atoms with Crippen molar-refractivity contribution in [3.05, 3.63) is 0 Å². The summed E-state index contributed by atoms with van der Waals surface area (Å²) < 4.78 is 0. The van der Waals surface area contributed by atoms with Crippen LogP contribution in [0.25, 0.3) is 0 Å². The lowest BCUT2D eigenvalue weighted by Gasteiger charge is -2.36. The van der Waals surface area contributed by atoms with Gasteiger partial charge in [0.2, 0.25) is 11.8 Å². The van der Waals surface area contributed by atoms with Gasteiger partial charge in [-0.05, 0) is 45.2 Å². The number of nitrogens with one attached hydrogen (secondary N) is 3. The van der Waals surface area contributed by atoms with Crippen LogP contribution in [0.3, 0.4) is 0 Å². The predicted octanol–water partition coefficient (Wildman–Crippen LogP) is 0.941. The monoisotopic (exact) mass is 281 g/mol. The molecule has 1 saturated heterocycles. The van der Waals surface area contributed by atoms with Gasteiger partial charge in [-0.2, -0.15) is 0 Å². The first-order chi connectivity index (χ1) is 9.66. The molecule has 1 saturated carbocycles. The lowest BCUT2D eigenvalue weighted by atomic mass is 9.74. The summed E-state index contributed by atoms with van der Waals surface area (Å²) in [6.07, 6.45) is 6.37. The van der Waals surface area contributed by atoms with Gasteiger partial charge in [-0.3, -0.25) is 9.59 Å². The van der Waals surface area contributed by atoms with Crippen LogP contribution in [0.15, 0.2) is 0 Å². The fraction of sp³-hybridized carbons (Fsp3) is 0.867. The molecule has 0 aromatic heterocycles. The Labute approximate surface area is 121 Å². The van der Waals surface area contributed by atoms with E-state index in [1.54, 1.807) is 0 Å². The molecule has 5 heteroatoms. The number of amides is 2. The largest absolute Gasteiger partial charge is 0.355 e. The molecule has 3 N–H and O–H groups in total. The van der Waals surface area contributed by atoms with E-state index in [-0.39, 0.29) is 17.2 Å². The highest BCUT2D eigenvalue weighted by Gasteiger charge is 2.38. The first kappa shape index (κ1) is 15.3. The number of piperidine rings is 1. The third-order valence-electron chi connectivity index (χ3n) is 4.35. The lowest BCUT2D eigenvalue weighted by molar-refractivity contribution is -0.133. The Bertz CT molecular complexity index is 342. The second-order valence-electron chi connectivity index (χ2n) is 6.13. The maximum atomic E-state index is 12.5. The van der Waals surface area contributed by atoms with Gasteiger partial charge >= 0.3 is 0 Å². The first-order valence-electron chi connectivity index (χ1n) is 7.95. The van der Waals surface area contributed by atoms with Gasteiger partial charge in [0.1, 0.15) is 0 Å². The zero-order valence-corrected chi connectivity index (χ0v) is 12.5. The minimum atomic E-state index is -0.215. The minimum absolute atomic E-state index is 0.0580. The Hall–Kier alpha value is -1.10. The van der Waals surface area contributed by atoms with Crippen molar-refractivity contribution in [3.63, 3.8) is 0 Å². The Morgan fingerprint density at radius 2 is 1.95 bits per heavy atom. The van der Waals surface area contributed by atoms with Gasteiger partial charge in [-0.1, -0.05) is 13.3 Å². The Kier molecular flexibility index (Phi) is 5.40. The van der Waals surface area contributed by atoms with Gasteiger partial charge in [-0.25, -0.2) is 0 Å². The maximum absolute atomic E-state index is 12.5. The van der Waals surface area contributed by atoms with Gasteiger partial charge in [0, 0.05) is 19.0 Å². The van der Waals surface area contributed by atoms with Gasteiger partial charge in [0.25, 0.3) is 0 Å². The van der Waals surface area contributed by atoms with Crippen LogP contribution < -0.4 is 16.0 Å². The molecule has 1 aliphatic heterocycles. The van der Waals surface area contributed by atoms with Crippen molar-refractivity contribution >= 4 is 11.8 Å². The molecule has 2 aliphatic rings. The van der Waals surface area contributed by atoms with E-state index < -0.39 is 0 Å². The predicted molar refractivity (Wildman–Crippen MR) is 78.2 cm³/mol. The molecule has 0 unspecified atom stereocenters. The molecule has 0 aromatic carbocycles. The zero-order valence-electron chi connectivity index (χ0n) is 12.5. The molecule has 0 spiro atoms. The van der Waals surface area contributed by atoms with Gasteiger partial charge in [-0.15, -0.1) is 0 Å². The third kappa shape index (κ3) is 4.20. The van der Waals surface area contributed by atoms with Crippen LogP contribution in [-0.4, -0.2) is 37.5 Å². The molecular formula is C15H27N3O2. The normalized spacial score (nSPS) is 21.2. The molecule has 0 aromatic rings. The fourth-order valence-corrected chi connectivity index (χ4v) is 2.98. The second-order valence-corrected chi connectivity index (χ2v) is 6.13. The zero-order chi connectivity index (χ0) is 14.4. The summed E-state index contributed by atoms with van der Waals surface area (Å²) in [6, 6.07) is 0.397. The van der Waals surface area contributed by atoms with E-state index in [1.165, 1.54) is 0 Å². The summed E-state index contributed by atoms with van der Waals surface area (Å²) in [6.45, 7) is 4.40. The van der Waals surface area contributed by atoms with Crippen LogP contribution in [-0.2, 0) is 9.59 Å². The molecule has 2 fully saturated rings. The van der Waals surface area contributed by atoms with Crippen molar-refractivity contribution in [1.29, 1.82) is 0 Å². The molecule has 0 atom stereocenters. The van der Waals surface area contributed by atoms with Crippen molar-refractivity contribution in [1.82, 2.24) is 16.0 Å². The number of rotatable bonds is 7. The summed E-state index contributed by atoms with van der Waals surface area (Å²) in [5.74, 6) is 0.197. The van der Waals surface area contributed by atoms with E-state index in [0.29, 0.717) is 19.0 Å². The fourth-order valence-electron chi connectivity index (χ4n) is 2.98. The Morgan fingerprint density at radius 3 is 2.55 bits per heavy atom. The van der Waals surface area contributed by atoms with Gasteiger partial charge in [0.05, 0.1) is 5.41 Å². The molecule has 0 bridgehead atoms. The van der Waals surface area contributed by atoms with Gasteiger partial charge in [0.15, 0.2) is 0 Å². The van der Waals surface area contributed by atoms with Crippen LogP contribution in [0, 0.1) is 5.41 Å². The third-order valence-corrected chi connectivity index (χ3v) is 4.35. The standard InChI is InChI=1S/C15H27N3O2/c1-2-6-15(7-10-16-11-8-15)14(20)17-9-5-13(19)18-12-3-4-12/h12,16H,2-11H2,1H3,(H,17,20)(H,18,19). The molecular weight excluding hydrogens is 254 g/mol.